The molecule has 0 saturated carbocycles. The number of nitrogens with one attached hydrogen (secondary N) is 1. The summed E-state index contributed by atoms with van der Waals surface area (Å²) in [5.41, 5.74) is 0. The summed E-state index contributed by atoms with van der Waals surface area (Å²) in [6, 6.07) is 0. The molecular weight excluding hydrogens is 255 g/mol. The second kappa shape index (κ2) is 6.16. The summed E-state index contributed by atoms with van der Waals surface area (Å²) in [4.78, 5) is 2.48. The van der Waals surface area contributed by atoms with E-state index in [-0.39, 0.29) is 0 Å². The molecule has 0 bridgehead atoms. The highest BCUT2D eigenvalue weighted by Gasteiger charge is 2.07. The lowest BCUT2D eigenvalue weighted by atomic mass is 10.3. The van der Waals surface area contributed by atoms with E-state index in [0.717, 1.165) is 26.1 Å². The van der Waals surface area contributed by atoms with Gasteiger partial charge >= 0.3 is 0 Å². The first kappa shape index (κ1) is 9.70. The minimum absolute atomic E-state index is 0.879. The molecule has 0 aromatic heterocycles. The number of hydrogen-bond acceptors (Lipinski definition) is 3. The van der Waals surface area contributed by atoms with Crippen molar-refractivity contribution in [1.82, 2.24) is 10.2 Å². The number of halogens is 1. The van der Waals surface area contributed by atoms with Crippen LogP contribution in [0.4, 0.5) is 0 Å². The summed E-state index contributed by atoms with van der Waals surface area (Å²) in [5, 5.41) is 3.33. The van der Waals surface area contributed by atoms with Crippen LogP contribution in [0.25, 0.3) is 0 Å². The Kier molecular flexibility index (Phi) is 5.43. The lowest BCUT2D eigenvalue weighted by Crippen LogP contribution is -2.43. The lowest BCUT2D eigenvalue weighted by molar-refractivity contribution is 0.226. The van der Waals surface area contributed by atoms with Crippen LogP contribution in [-0.4, -0.2) is 44.2 Å². The van der Waals surface area contributed by atoms with E-state index >= 15 is 0 Å². The van der Waals surface area contributed by atoms with E-state index < -0.39 is 0 Å². The van der Waals surface area contributed by atoms with Crippen LogP contribution in [-0.2, 0) is 3.07 Å². The fraction of sp³-hybridized carbons (Fsp3) is 1.00. The van der Waals surface area contributed by atoms with Gasteiger partial charge in [0.15, 0.2) is 0 Å². The van der Waals surface area contributed by atoms with Crippen molar-refractivity contribution in [3.8, 4) is 0 Å². The molecule has 1 N–H and O–H groups in total. The van der Waals surface area contributed by atoms with E-state index in [9.17, 15) is 0 Å². The summed E-state index contributed by atoms with van der Waals surface area (Å²) in [7, 11) is 0. The number of nitrogens with zero attached hydrogens (tertiary/aromatic N) is 1. The third-order valence-electron chi connectivity index (χ3n) is 1.91. The molecule has 0 aliphatic carbocycles. The van der Waals surface area contributed by atoms with Gasteiger partial charge in [0.25, 0.3) is 0 Å². The predicted molar refractivity (Wildman–Crippen MR) is 53.9 cm³/mol. The minimum atomic E-state index is 0.879. The maximum Gasteiger partial charge on any atom is 0.109 e. The van der Waals surface area contributed by atoms with Gasteiger partial charge in [0.05, 0.1) is 6.61 Å². The standard InChI is InChI=1S/C7H15IN2O/c8-11-7-1-4-10-5-2-9-3-6-10/h9H,1-7H2. The smallest absolute Gasteiger partial charge is 0.109 e. The van der Waals surface area contributed by atoms with Crippen LogP contribution in [0.1, 0.15) is 6.42 Å². The van der Waals surface area contributed by atoms with Crippen LogP contribution in [0.2, 0.25) is 0 Å². The van der Waals surface area contributed by atoms with E-state index in [2.05, 4.69) is 10.2 Å². The van der Waals surface area contributed by atoms with Gasteiger partial charge in [-0.05, 0) is 6.42 Å². The fourth-order valence-electron chi connectivity index (χ4n) is 1.28. The molecular formula is C7H15IN2O. The Balaban J connectivity index is 1.96. The van der Waals surface area contributed by atoms with E-state index in [0.29, 0.717) is 0 Å². The molecule has 4 heteroatoms. The zero-order valence-corrected chi connectivity index (χ0v) is 8.84. The Morgan fingerprint density at radius 2 is 2.09 bits per heavy atom. The first-order valence-corrected chi connectivity index (χ1v) is 4.98. The van der Waals surface area contributed by atoms with Crippen molar-refractivity contribution in [2.24, 2.45) is 0 Å². The van der Waals surface area contributed by atoms with Crippen molar-refractivity contribution in [2.45, 2.75) is 6.42 Å². The Hall–Kier alpha value is 0.610. The molecule has 66 valence electrons. The van der Waals surface area contributed by atoms with Crippen molar-refractivity contribution in [2.75, 3.05) is 39.3 Å². The molecule has 1 heterocycles. The molecule has 0 atom stereocenters. The molecule has 1 aliphatic heterocycles. The third-order valence-corrected chi connectivity index (χ3v) is 2.35. The number of hydrogen-bond donors (Lipinski definition) is 1. The Morgan fingerprint density at radius 1 is 1.36 bits per heavy atom. The molecule has 0 amide bonds. The highest BCUT2D eigenvalue weighted by molar-refractivity contribution is 14.1. The Labute approximate surface area is 82.2 Å². The van der Waals surface area contributed by atoms with Crippen LogP contribution >= 0.6 is 23.0 Å². The average Bonchev–Trinajstić information content (AvgIpc) is 2.07. The predicted octanol–water partition coefficient (Wildman–Crippen LogP) is 0.648. The van der Waals surface area contributed by atoms with Gasteiger partial charge in [-0.1, -0.05) is 0 Å². The summed E-state index contributed by atoms with van der Waals surface area (Å²) in [6.45, 7) is 6.74. The van der Waals surface area contributed by atoms with Crippen LogP contribution in [0.15, 0.2) is 0 Å². The Morgan fingerprint density at radius 3 is 2.73 bits per heavy atom. The molecule has 1 aliphatic rings. The van der Waals surface area contributed by atoms with Gasteiger partial charge in [0.2, 0.25) is 0 Å². The van der Waals surface area contributed by atoms with Crippen molar-refractivity contribution in [1.29, 1.82) is 0 Å². The normalized spacial score (nSPS) is 20.5. The van der Waals surface area contributed by atoms with Crippen LogP contribution < -0.4 is 5.32 Å². The fourth-order valence-corrected chi connectivity index (χ4v) is 1.59. The van der Waals surface area contributed by atoms with E-state index in [1.807, 2.05) is 23.0 Å². The third kappa shape index (κ3) is 4.25. The monoisotopic (exact) mass is 270 g/mol. The molecule has 0 aromatic carbocycles. The van der Waals surface area contributed by atoms with Crippen LogP contribution in [0.3, 0.4) is 0 Å². The van der Waals surface area contributed by atoms with Crippen molar-refractivity contribution < 1.29 is 3.07 Å². The largest absolute Gasteiger partial charge is 0.316 e. The van der Waals surface area contributed by atoms with Crippen molar-refractivity contribution >= 4 is 23.0 Å². The number of rotatable bonds is 4. The maximum atomic E-state index is 4.96. The van der Waals surface area contributed by atoms with Gasteiger partial charge in [-0.2, -0.15) is 0 Å². The molecule has 1 rings (SSSR count). The molecule has 0 unspecified atom stereocenters. The maximum absolute atomic E-state index is 4.96. The summed E-state index contributed by atoms with van der Waals surface area (Å²) in [5.74, 6) is 0. The average molecular weight is 270 g/mol. The SMILES string of the molecule is IOCCCN1CCNCC1. The zero-order valence-electron chi connectivity index (χ0n) is 6.68. The number of piperazine rings is 1. The summed E-state index contributed by atoms with van der Waals surface area (Å²) >= 11 is 1.95. The van der Waals surface area contributed by atoms with Gasteiger partial charge in [-0.25, -0.2) is 0 Å². The second-order valence-corrected chi connectivity index (χ2v) is 3.38. The van der Waals surface area contributed by atoms with Gasteiger partial charge < -0.3 is 13.3 Å². The second-order valence-electron chi connectivity index (χ2n) is 2.76. The lowest BCUT2D eigenvalue weighted by Gasteiger charge is -2.26. The molecule has 0 radical (unpaired) electrons. The highest BCUT2D eigenvalue weighted by atomic mass is 127. The molecule has 1 saturated heterocycles. The molecule has 3 nitrogen and oxygen atoms in total. The van der Waals surface area contributed by atoms with E-state index in [1.54, 1.807) is 0 Å². The summed E-state index contributed by atoms with van der Waals surface area (Å²) < 4.78 is 4.96. The summed E-state index contributed by atoms with van der Waals surface area (Å²) in [6.07, 6.45) is 1.16. The van der Waals surface area contributed by atoms with Gasteiger partial charge in [0.1, 0.15) is 23.0 Å². The topological polar surface area (TPSA) is 24.5 Å². The minimum Gasteiger partial charge on any atom is -0.316 e. The zero-order chi connectivity index (χ0) is 7.94. The van der Waals surface area contributed by atoms with Crippen molar-refractivity contribution in [3.05, 3.63) is 0 Å². The van der Waals surface area contributed by atoms with Gasteiger partial charge in [0, 0.05) is 32.7 Å². The Bertz CT molecular complexity index is 96.4. The molecule has 0 aromatic rings. The van der Waals surface area contributed by atoms with Crippen LogP contribution in [0.5, 0.6) is 0 Å². The first-order chi connectivity index (χ1) is 5.43. The van der Waals surface area contributed by atoms with Crippen LogP contribution in [0, 0.1) is 0 Å². The van der Waals surface area contributed by atoms with Gasteiger partial charge in [-0.3, -0.25) is 0 Å². The molecule has 0 spiro atoms. The first-order valence-electron chi connectivity index (χ1n) is 4.10. The highest BCUT2D eigenvalue weighted by Crippen LogP contribution is 1.96. The van der Waals surface area contributed by atoms with E-state index in [4.69, 9.17) is 3.07 Å². The molecule has 1 fully saturated rings. The van der Waals surface area contributed by atoms with Gasteiger partial charge in [-0.15, -0.1) is 0 Å². The van der Waals surface area contributed by atoms with Crippen molar-refractivity contribution in [3.63, 3.8) is 0 Å². The van der Waals surface area contributed by atoms with E-state index in [1.165, 1.54) is 19.6 Å². The quantitative estimate of drug-likeness (QED) is 0.599. The molecule has 11 heavy (non-hydrogen) atoms.